The molecule has 0 aliphatic rings. The molecule has 0 fully saturated rings. The lowest BCUT2D eigenvalue weighted by atomic mass is 10.2. The standard InChI is InChI=1S/C8H14F3N3O2/c1-2-5(6(15)13-4-3-12)14-7(16)8(9,10)11/h5H,2-4,12H2,1H3,(H,13,15)(H,14,16)/t5-/m0/s1. The Kier molecular flexibility index (Phi) is 5.79. The lowest BCUT2D eigenvalue weighted by Gasteiger charge is -2.17. The monoisotopic (exact) mass is 241 g/mol. The Morgan fingerprint density at radius 1 is 1.38 bits per heavy atom. The molecule has 0 spiro atoms. The number of alkyl halides is 3. The molecule has 1 atom stereocenters. The Balaban J connectivity index is 4.30. The minimum atomic E-state index is -4.98. The van der Waals surface area contributed by atoms with Crippen molar-refractivity contribution in [2.45, 2.75) is 25.6 Å². The van der Waals surface area contributed by atoms with Gasteiger partial charge in [-0.05, 0) is 6.42 Å². The van der Waals surface area contributed by atoms with Crippen molar-refractivity contribution in [2.75, 3.05) is 13.1 Å². The zero-order valence-electron chi connectivity index (χ0n) is 8.73. The first-order chi connectivity index (χ1) is 7.32. The molecule has 0 saturated heterocycles. The van der Waals surface area contributed by atoms with Gasteiger partial charge in [0.2, 0.25) is 5.91 Å². The van der Waals surface area contributed by atoms with Gasteiger partial charge < -0.3 is 16.4 Å². The lowest BCUT2D eigenvalue weighted by Crippen LogP contribution is -2.50. The summed E-state index contributed by atoms with van der Waals surface area (Å²) in [5.74, 6) is -2.80. The third kappa shape index (κ3) is 4.96. The van der Waals surface area contributed by atoms with Gasteiger partial charge in [0.1, 0.15) is 6.04 Å². The molecule has 4 N–H and O–H groups in total. The van der Waals surface area contributed by atoms with Crippen LogP contribution in [0, 0.1) is 0 Å². The number of carbonyl (C=O) groups is 2. The van der Waals surface area contributed by atoms with Crippen molar-refractivity contribution in [3.8, 4) is 0 Å². The van der Waals surface area contributed by atoms with Gasteiger partial charge in [0, 0.05) is 13.1 Å². The van der Waals surface area contributed by atoms with Gasteiger partial charge in [-0.25, -0.2) is 0 Å². The van der Waals surface area contributed by atoms with Gasteiger partial charge >= 0.3 is 12.1 Å². The lowest BCUT2D eigenvalue weighted by molar-refractivity contribution is -0.174. The predicted octanol–water partition coefficient (Wildman–Crippen LogP) is -0.482. The van der Waals surface area contributed by atoms with Crippen molar-refractivity contribution in [2.24, 2.45) is 5.73 Å². The van der Waals surface area contributed by atoms with Gasteiger partial charge in [0.05, 0.1) is 0 Å². The Bertz CT molecular complexity index is 255. The van der Waals surface area contributed by atoms with Crippen LogP contribution in [0.5, 0.6) is 0 Å². The maximum Gasteiger partial charge on any atom is 0.471 e. The molecule has 16 heavy (non-hydrogen) atoms. The molecule has 5 nitrogen and oxygen atoms in total. The van der Waals surface area contributed by atoms with E-state index in [0.717, 1.165) is 0 Å². The van der Waals surface area contributed by atoms with E-state index in [-0.39, 0.29) is 19.5 Å². The molecule has 94 valence electrons. The highest BCUT2D eigenvalue weighted by Gasteiger charge is 2.40. The highest BCUT2D eigenvalue weighted by Crippen LogP contribution is 2.14. The third-order valence-corrected chi connectivity index (χ3v) is 1.73. The Morgan fingerprint density at radius 3 is 2.31 bits per heavy atom. The molecule has 0 radical (unpaired) electrons. The number of halogens is 3. The van der Waals surface area contributed by atoms with E-state index >= 15 is 0 Å². The van der Waals surface area contributed by atoms with E-state index in [2.05, 4.69) is 5.32 Å². The number of carbonyl (C=O) groups excluding carboxylic acids is 2. The van der Waals surface area contributed by atoms with Gasteiger partial charge in [0.15, 0.2) is 0 Å². The molecule has 0 rings (SSSR count). The van der Waals surface area contributed by atoms with Gasteiger partial charge in [-0.15, -0.1) is 0 Å². The summed E-state index contributed by atoms with van der Waals surface area (Å²) >= 11 is 0. The van der Waals surface area contributed by atoms with Crippen molar-refractivity contribution in [3.05, 3.63) is 0 Å². The SMILES string of the molecule is CC[C@H](NC(=O)C(F)(F)F)C(=O)NCCN. The summed E-state index contributed by atoms with van der Waals surface area (Å²) in [4.78, 5) is 21.8. The largest absolute Gasteiger partial charge is 0.471 e. The van der Waals surface area contributed by atoms with Gasteiger partial charge in [-0.1, -0.05) is 6.92 Å². The molecule has 0 aliphatic carbocycles. The number of hydrogen-bond donors (Lipinski definition) is 3. The average molecular weight is 241 g/mol. The van der Waals surface area contributed by atoms with Gasteiger partial charge in [-0.3, -0.25) is 9.59 Å². The van der Waals surface area contributed by atoms with Crippen molar-refractivity contribution in [1.82, 2.24) is 10.6 Å². The minimum absolute atomic E-state index is 0.0677. The van der Waals surface area contributed by atoms with Crippen LogP contribution >= 0.6 is 0 Å². The van der Waals surface area contributed by atoms with E-state index in [1.807, 2.05) is 0 Å². The molecule has 2 amide bonds. The quantitative estimate of drug-likeness (QED) is 0.607. The number of nitrogens with two attached hydrogens (primary N) is 1. The molecule has 0 heterocycles. The highest BCUT2D eigenvalue weighted by molar-refractivity contribution is 5.89. The number of hydrogen-bond acceptors (Lipinski definition) is 3. The van der Waals surface area contributed by atoms with Crippen LogP contribution in [0.1, 0.15) is 13.3 Å². The molecule has 0 aromatic rings. The summed E-state index contributed by atoms with van der Waals surface area (Å²) in [7, 11) is 0. The fraction of sp³-hybridized carbons (Fsp3) is 0.750. The summed E-state index contributed by atoms with van der Waals surface area (Å²) in [5, 5.41) is 3.89. The Morgan fingerprint density at radius 2 is 1.94 bits per heavy atom. The van der Waals surface area contributed by atoms with Crippen LogP contribution in [-0.2, 0) is 9.59 Å². The van der Waals surface area contributed by atoms with Crippen LogP contribution < -0.4 is 16.4 Å². The molecule has 0 aromatic carbocycles. The van der Waals surface area contributed by atoms with E-state index < -0.39 is 24.0 Å². The second-order valence-electron chi connectivity index (χ2n) is 3.01. The van der Waals surface area contributed by atoms with Gasteiger partial charge in [0.25, 0.3) is 0 Å². The predicted molar refractivity (Wildman–Crippen MR) is 50.3 cm³/mol. The van der Waals surface area contributed by atoms with Crippen molar-refractivity contribution in [1.29, 1.82) is 0 Å². The summed E-state index contributed by atoms with van der Waals surface area (Å²) in [5.41, 5.74) is 5.11. The molecular weight excluding hydrogens is 227 g/mol. The van der Waals surface area contributed by atoms with Crippen LogP contribution in [0.3, 0.4) is 0 Å². The number of nitrogens with one attached hydrogen (secondary N) is 2. The maximum absolute atomic E-state index is 11.9. The first-order valence-corrected chi connectivity index (χ1v) is 4.68. The number of rotatable bonds is 5. The molecule has 0 aromatic heterocycles. The van der Waals surface area contributed by atoms with E-state index in [9.17, 15) is 22.8 Å². The average Bonchev–Trinajstić information content (AvgIpc) is 2.20. The number of amides is 2. The van der Waals surface area contributed by atoms with Crippen LogP contribution in [0.15, 0.2) is 0 Å². The fourth-order valence-electron chi connectivity index (χ4n) is 0.912. The molecule has 0 aliphatic heterocycles. The normalized spacial score (nSPS) is 13.1. The van der Waals surface area contributed by atoms with E-state index in [0.29, 0.717) is 0 Å². The molecule has 8 heteroatoms. The first kappa shape index (κ1) is 14.7. The Hall–Kier alpha value is -1.31. The molecule has 0 bridgehead atoms. The minimum Gasteiger partial charge on any atom is -0.353 e. The zero-order valence-corrected chi connectivity index (χ0v) is 8.73. The summed E-state index contributed by atoms with van der Waals surface area (Å²) < 4.78 is 35.7. The Labute approximate surface area is 90.6 Å². The third-order valence-electron chi connectivity index (χ3n) is 1.73. The summed E-state index contributed by atoms with van der Waals surface area (Å²) in [6.07, 6.45) is -4.92. The van der Waals surface area contributed by atoms with Crippen LogP contribution in [0.2, 0.25) is 0 Å². The second-order valence-corrected chi connectivity index (χ2v) is 3.01. The zero-order chi connectivity index (χ0) is 12.8. The fourth-order valence-corrected chi connectivity index (χ4v) is 0.912. The van der Waals surface area contributed by atoms with Crippen LogP contribution in [0.4, 0.5) is 13.2 Å². The first-order valence-electron chi connectivity index (χ1n) is 4.68. The summed E-state index contributed by atoms with van der Waals surface area (Å²) in [6.45, 7) is 1.82. The van der Waals surface area contributed by atoms with Crippen molar-refractivity contribution in [3.63, 3.8) is 0 Å². The smallest absolute Gasteiger partial charge is 0.353 e. The highest BCUT2D eigenvalue weighted by atomic mass is 19.4. The summed E-state index contributed by atoms with van der Waals surface area (Å²) in [6, 6.07) is -1.19. The van der Waals surface area contributed by atoms with E-state index in [1.165, 1.54) is 6.92 Å². The van der Waals surface area contributed by atoms with E-state index in [4.69, 9.17) is 5.73 Å². The molecule has 0 saturated carbocycles. The molecule has 0 unspecified atom stereocenters. The van der Waals surface area contributed by atoms with E-state index in [1.54, 1.807) is 5.32 Å². The maximum atomic E-state index is 11.9. The van der Waals surface area contributed by atoms with Crippen molar-refractivity contribution < 1.29 is 22.8 Å². The van der Waals surface area contributed by atoms with Gasteiger partial charge in [-0.2, -0.15) is 13.2 Å². The van der Waals surface area contributed by atoms with Crippen molar-refractivity contribution >= 4 is 11.8 Å². The van der Waals surface area contributed by atoms with Crippen LogP contribution in [0.25, 0.3) is 0 Å². The topological polar surface area (TPSA) is 84.2 Å². The second kappa shape index (κ2) is 6.31. The van der Waals surface area contributed by atoms with Crippen LogP contribution in [-0.4, -0.2) is 37.1 Å². The molecular formula is C8H14F3N3O2.